The zero-order chi connectivity index (χ0) is 18.1. The molecule has 0 saturated carbocycles. The maximum atomic E-state index is 13.0. The molecule has 3 nitrogen and oxygen atoms in total. The molecular weight excluding hydrogens is 338 g/mol. The predicted octanol–water partition coefficient (Wildman–Crippen LogP) is 4.33. The van der Waals surface area contributed by atoms with Gasteiger partial charge in [-0.05, 0) is 18.6 Å². The van der Waals surface area contributed by atoms with E-state index >= 15 is 0 Å². The van der Waals surface area contributed by atoms with Crippen LogP contribution in [0.15, 0.2) is 29.1 Å². The van der Waals surface area contributed by atoms with Gasteiger partial charge in [0.05, 0.1) is 11.1 Å². The molecule has 24 heavy (non-hydrogen) atoms. The molecule has 0 bridgehead atoms. The second-order valence-corrected chi connectivity index (χ2v) is 5.31. The maximum Gasteiger partial charge on any atom is 0.417 e. The van der Waals surface area contributed by atoms with Gasteiger partial charge in [0.25, 0.3) is 0 Å². The lowest BCUT2D eigenvalue weighted by molar-refractivity contribution is -0.136. The number of halogens is 6. The Labute approximate surface area is 132 Å². The SMILES string of the molecule is CCCN(CC(F)(F)F)c1ccc2c(C(F)(F)F)cc(=O)[nH]c2c1. The lowest BCUT2D eigenvalue weighted by Gasteiger charge is -2.26. The van der Waals surface area contributed by atoms with E-state index in [0.717, 1.165) is 17.0 Å². The molecule has 0 spiro atoms. The molecule has 0 aliphatic carbocycles. The van der Waals surface area contributed by atoms with Crippen LogP contribution in [-0.2, 0) is 6.18 Å². The average molecular weight is 352 g/mol. The number of anilines is 1. The molecule has 1 aromatic heterocycles. The summed E-state index contributed by atoms with van der Waals surface area (Å²) < 4.78 is 77.0. The molecule has 132 valence electrons. The minimum Gasteiger partial charge on any atom is -0.363 e. The van der Waals surface area contributed by atoms with Crippen LogP contribution in [0.5, 0.6) is 0 Å². The van der Waals surface area contributed by atoms with Crippen molar-refractivity contribution in [1.82, 2.24) is 4.98 Å². The van der Waals surface area contributed by atoms with E-state index in [9.17, 15) is 31.1 Å². The van der Waals surface area contributed by atoms with E-state index in [1.165, 1.54) is 6.07 Å². The van der Waals surface area contributed by atoms with Crippen LogP contribution in [0, 0.1) is 0 Å². The summed E-state index contributed by atoms with van der Waals surface area (Å²) in [5, 5.41) is -0.269. The number of H-pyrrole nitrogens is 1. The molecule has 0 aliphatic heterocycles. The van der Waals surface area contributed by atoms with Gasteiger partial charge in [-0.15, -0.1) is 0 Å². The van der Waals surface area contributed by atoms with Gasteiger partial charge in [0.1, 0.15) is 6.54 Å². The minimum absolute atomic E-state index is 0.0776. The largest absolute Gasteiger partial charge is 0.417 e. The Morgan fingerprint density at radius 3 is 2.29 bits per heavy atom. The van der Waals surface area contributed by atoms with Crippen LogP contribution in [0.4, 0.5) is 32.0 Å². The second kappa shape index (κ2) is 6.37. The van der Waals surface area contributed by atoms with Crippen LogP contribution in [0.2, 0.25) is 0 Å². The van der Waals surface area contributed by atoms with Crippen molar-refractivity contribution in [3.8, 4) is 0 Å². The van der Waals surface area contributed by atoms with Crippen LogP contribution in [-0.4, -0.2) is 24.2 Å². The third-order valence-corrected chi connectivity index (χ3v) is 3.36. The molecule has 0 aliphatic rings. The molecule has 1 aromatic carbocycles. The molecular formula is C15H14F6N2O. The van der Waals surface area contributed by atoms with Gasteiger partial charge in [-0.2, -0.15) is 26.3 Å². The summed E-state index contributed by atoms with van der Waals surface area (Å²) in [5.74, 6) is 0. The molecule has 0 unspecified atom stereocenters. The smallest absolute Gasteiger partial charge is 0.363 e. The molecule has 1 N–H and O–H groups in total. The molecule has 2 rings (SSSR count). The van der Waals surface area contributed by atoms with E-state index in [4.69, 9.17) is 0 Å². The van der Waals surface area contributed by atoms with Crippen molar-refractivity contribution in [3.05, 3.63) is 40.2 Å². The Balaban J connectivity index is 2.56. The van der Waals surface area contributed by atoms with Gasteiger partial charge in [0, 0.05) is 23.7 Å². The van der Waals surface area contributed by atoms with Crippen molar-refractivity contribution < 1.29 is 26.3 Å². The maximum absolute atomic E-state index is 13.0. The van der Waals surface area contributed by atoms with Crippen LogP contribution >= 0.6 is 0 Å². The highest BCUT2D eigenvalue weighted by atomic mass is 19.4. The van der Waals surface area contributed by atoms with Gasteiger partial charge in [0.15, 0.2) is 0 Å². The number of aromatic amines is 1. The lowest BCUT2D eigenvalue weighted by atomic mass is 10.1. The van der Waals surface area contributed by atoms with Crippen LogP contribution in [0.25, 0.3) is 10.9 Å². The van der Waals surface area contributed by atoms with E-state index in [-0.39, 0.29) is 23.1 Å². The Morgan fingerprint density at radius 1 is 1.08 bits per heavy atom. The van der Waals surface area contributed by atoms with Crippen molar-refractivity contribution in [2.75, 3.05) is 18.0 Å². The monoisotopic (exact) mass is 352 g/mol. The number of rotatable bonds is 4. The fourth-order valence-corrected chi connectivity index (χ4v) is 2.47. The van der Waals surface area contributed by atoms with Gasteiger partial charge < -0.3 is 9.88 Å². The molecule has 0 radical (unpaired) electrons. The highest BCUT2D eigenvalue weighted by Gasteiger charge is 2.34. The van der Waals surface area contributed by atoms with Gasteiger partial charge in [-0.25, -0.2) is 0 Å². The summed E-state index contributed by atoms with van der Waals surface area (Å²) >= 11 is 0. The summed E-state index contributed by atoms with van der Waals surface area (Å²) in [6, 6.07) is 3.83. The third kappa shape index (κ3) is 4.21. The topological polar surface area (TPSA) is 36.1 Å². The minimum atomic E-state index is -4.73. The quantitative estimate of drug-likeness (QED) is 0.832. The first-order valence-electron chi connectivity index (χ1n) is 7.07. The first-order valence-corrected chi connectivity index (χ1v) is 7.07. The van der Waals surface area contributed by atoms with E-state index in [0.29, 0.717) is 12.5 Å². The standard InChI is InChI=1S/C15H14F6N2O/c1-2-5-23(8-14(16,17)18)9-3-4-10-11(15(19,20)21)7-13(24)22-12(10)6-9/h3-4,6-7H,2,5,8H2,1H3,(H,22,24). The van der Waals surface area contributed by atoms with Crippen molar-refractivity contribution in [2.24, 2.45) is 0 Å². The van der Waals surface area contributed by atoms with Crippen LogP contribution in [0.3, 0.4) is 0 Å². The zero-order valence-electron chi connectivity index (χ0n) is 12.6. The molecule has 0 saturated heterocycles. The molecule has 0 amide bonds. The van der Waals surface area contributed by atoms with Crippen LogP contribution in [0.1, 0.15) is 18.9 Å². The Morgan fingerprint density at radius 2 is 1.75 bits per heavy atom. The van der Waals surface area contributed by atoms with Crippen molar-refractivity contribution in [2.45, 2.75) is 25.7 Å². The number of benzene rings is 1. The average Bonchev–Trinajstić information content (AvgIpc) is 2.42. The first-order chi connectivity index (χ1) is 11.0. The van der Waals surface area contributed by atoms with Crippen molar-refractivity contribution in [3.63, 3.8) is 0 Å². The Bertz CT molecular complexity index is 778. The van der Waals surface area contributed by atoms with E-state index < -0.39 is 30.0 Å². The first kappa shape index (κ1) is 18.2. The summed E-state index contributed by atoms with van der Waals surface area (Å²) in [4.78, 5) is 14.7. The highest BCUT2D eigenvalue weighted by Crippen LogP contribution is 2.34. The number of pyridine rings is 1. The Kier molecular flexibility index (Phi) is 4.82. The molecule has 0 fully saturated rings. The van der Waals surface area contributed by atoms with Gasteiger partial charge in [0.2, 0.25) is 5.56 Å². The number of alkyl halides is 6. The lowest BCUT2D eigenvalue weighted by Crippen LogP contribution is -2.34. The number of aromatic nitrogens is 1. The molecule has 9 heteroatoms. The fraction of sp³-hybridized carbons (Fsp3) is 0.400. The van der Waals surface area contributed by atoms with E-state index in [1.54, 1.807) is 6.92 Å². The van der Waals surface area contributed by atoms with E-state index in [1.807, 2.05) is 0 Å². The molecule has 1 heterocycles. The number of hydrogen-bond acceptors (Lipinski definition) is 2. The predicted molar refractivity (Wildman–Crippen MR) is 78.1 cm³/mol. The fourth-order valence-electron chi connectivity index (χ4n) is 2.47. The number of hydrogen-bond donors (Lipinski definition) is 1. The molecule has 2 aromatic rings. The number of nitrogens with one attached hydrogen (secondary N) is 1. The van der Waals surface area contributed by atoms with Gasteiger partial charge >= 0.3 is 12.4 Å². The summed E-state index contributed by atoms with van der Waals surface area (Å²) in [7, 11) is 0. The highest BCUT2D eigenvalue weighted by molar-refractivity contribution is 5.85. The summed E-state index contributed by atoms with van der Waals surface area (Å²) in [6.07, 6.45) is -8.76. The summed E-state index contributed by atoms with van der Waals surface area (Å²) in [5.41, 5.74) is -2.15. The zero-order valence-corrected chi connectivity index (χ0v) is 12.6. The second-order valence-electron chi connectivity index (χ2n) is 5.31. The van der Waals surface area contributed by atoms with Crippen LogP contribution < -0.4 is 10.5 Å². The third-order valence-electron chi connectivity index (χ3n) is 3.36. The number of fused-ring (bicyclic) bond motifs is 1. The normalized spacial score (nSPS) is 12.6. The van der Waals surface area contributed by atoms with Gasteiger partial charge in [-0.3, -0.25) is 4.79 Å². The number of nitrogens with zero attached hydrogens (tertiary/aromatic N) is 1. The van der Waals surface area contributed by atoms with Crippen molar-refractivity contribution in [1.29, 1.82) is 0 Å². The van der Waals surface area contributed by atoms with E-state index in [2.05, 4.69) is 4.98 Å². The summed E-state index contributed by atoms with van der Waals surface area (Å²) in [6.45, 7) is 0.539. The molecule has 0 atom stereocenters. The Hall–Kier alpha value is -2.19. The van der Waals surface area contributed by atoms with Gasteiger partial charge in [-0.1, -0.05) is 13.0 Å². The van der Waals surface area contributed by atoms with Crippen molar-refractivity contribution >= 4 is 16.6 Å².